The Balaban J connectivity index is 2.69. The summed E-state index contributed by atoms with van der Waals surface area (Å²) in [5.41, 5.74) is 6.49. The molecule has 0 saturated heterocycles. The third kappa shape index (κ3) is 9.32. The Morgan fingerprint density at radius 2 is 1.69 bits per heavy atom. The molecule has 1 aromatic carbocycles. The molecule has 0 spiro atoms. The van der Waals surface area contributed by atoms with Gasteiger partial charge in [-0.05, 0) is 59.1 Å². The van der Waals surface area contributed by atoms with E-state index in [1.165, 1.54) is 0 Å². The summed E-state index contributed by atoms with van der Waals surface area (Å²) in [6, 6.07) is 4.60. The van der Waals surface area contributed by atoms with Gasteiger partial charge in [-0.25, -0.2) is 4.79 Å². The van der Waals surface area contributed by atoms with Crippen LogP contribution in [0, 0.1) is 13.8 Å². The van der Waals surface area contributed by atoms with Gasteiger partial charge in [-0.3, -0.25) is 9.59 Å². The molecule has 1 rings (SSSR count). The van der Waals surface area contributed by atoms with E-state index in [1.54, 1.807) is 27.7 Å². The van der Waals surface area contributed by atoms with E-state index in [1.807, 2.05) is 32.0 Å². The molecule has 8 heteroatoms. The van der Waals surface area contributed by atoms with E-state index < -0.39 is 29.6 Å². The lowest BCUT2D eigenvalue weighted by Crippen LogP contribution is -2.51. The highest BCUT2D eigenvalue weighted by molar-refractivity contribution is 5.86. The third-order valence-corrected chi connectivity index (χ3v) is 3.96. The van der Waals surface area contributed by atoms with Crippen molar-refractivity contribution in [3.63, 3.8) is 0 Å². The molecular formula is C21H33N3O5. The highest BCUT2D eigenvalue weighted by Gasteiger charge is 2.25. The van der Waals surface area contributed by atoms with E-state index in [0.717, 1.165) is 16.9 Å². The molecular weight excluding hydrogens is 374 g/mol. The van der Waals surface area contributed by atoms with Crippen molar-refractivity contribution in [2.24, 2.45) is 5.73 Å². The van der Waals surface area contributed by atoms with Gasteiger partial charge in [0.15, 0.2) is 0 Å². The number of para-hydroxylation sites is 1. The average Bonchev–Trinajstić information content (AvgIpc) is 2.56. The van der Waals surface area contributed by atoms with E-state index in [4.69, 9.17) is 15.2 Å². The minimum atomic E-state index is -0.944. The first-order valence-electron chi connectivity index (χ1n) is 9.66. The average molecular weight is 408 g/mol. The van der Waals surface area contributed by atoms with E-state index >= 15 is 0 Å². The molecule has 0 saturated carbocycles. The lowest BCUT2D eigenvalue weighted by molar-refractivity contribution is -0.124. The summed E-state index contributed by atoms with van der Waals surface area (Å²) in [4.78, 5) is 35.8. The number of nitrogens with two attached hydrogens (primary N) is 1. The van der Waals surface area contributed by atoms with Crippen LogP contribution in [0.25, 0.3) is 0 Å². The first kappa shape index (κ1) is 24.3. The number of primary amides is 1. The molecule has 0 aliphatic rings. The van der Waals surface area contributed by atoms with Gasteiger partial charge in [0.25, 0.3) is 0 Å². The van der Waals surface area contributed by atoms with Gasteiger partial charge in [0, 0.05) is 6.42 Å². The highest BCUT2D eigenvalue weighted by Crippen LogP contribution is 2.22. The topological polar surface area (TPSA) is 120 Å². The second kappa shape index (κ2) is 10.7. The van der Waals surface area contributed by atoms with Crippen LogP contribution in [-0.2, 0) is 14.3 Å². The predicted molar refractivity (Wildman–Crippen MR) is 111 cm³/mol. The van der Waals surface area contributed by atoms with Gasteiger partial charge in [-0.15, -0.1) is 0 Å². The lowest BCUT2D eigenvalue weighted by Gasteiger charge is -2.24. The smallest absolute Gasteiger partial charge is 0.408 e. The van der Waals surface area contributed by atoms with Crippen LogP contribution in [-0.4, -0.2) is 42.2 Å². The standard InChI is InChI=1S/C21H33N3O5/c1-13-8-7-9-14(2)18(13)28-12-15(3)23-19(26)16(10-11-17(22)25)24-20(27)29-21(4,5)6/h7-9,15-16H,10-12H2,1-6H3,(H2,22,25)(H,23,26)(H,24,27). The van der Waals surface area contributed by atoms with Gasteiger partial charge < -0.3 is 25.8 Å². The van der Waals surface area contributed by atoms with Crippen LogP contribution in [0.2, 0.25) is 0 Å². The van der Waals surface area contributed by atoms with Gasteiger partial charge in [0.05, 0.1) is 6.04 Å². The molecule has 4 N–H and O–H groups in total. The van der Waals surface area contributed by atoms with E-state index in [9.17, 15) is 14.4 Å². The maximum Gasteiger partial charge on any atom is 0.408 e. The summed E-state index contributed by atoms with van der Waals surface area (Å²) >= 11 is 0. The number of alkyl carbamates (subject to hydrolysis) is 1. The number of benzene rings is 1. The molecule has 0 aliphatic carbocycles. The minimum absolute atomic E-state index is 0.0405. The van der Waals surface area contributed by atoms with E-state index in [-0.39, 0.29) is 25.5 Å². The quantitative estimate of drug-likeness (QED) is 0.580. The second-order valence-electron chi connectivity index (χ2n) is 8.15. The summed E-state index contributed by atoms with van der Waals surface area (Å²) in [6.07, 6.45) is -0.701. The normalized spacial score (nSPS) is 13.2. The zero-order valence-corrected chi connectivity index (χ0v) is 18.1. The molecule has 2 unspecified atom stereocenters. The van der Waals surface area contributed by atoms with Crippen molar-refractivity contribution in [3.05, 3.63) is 29.3 Å². The molecule has 3 amide bonds. The highest BCUT2D eigenvalue weighted by atomic mass is 16.6. The van der Waals surface area contributed by atoms with Crippen LogP contribution in [0.4, 0.5) is 4.79 Å². The number of nitrogens with one attached hydrogen (secondary N) is 2. The van der Waals surface area contributed by atoms with E-state index in [2.05, 4.69) is 10.6 Å². The Bertz CT molecular complexity index is 707. The minimum Gasteiger partial charge on any atom is -0.491 e. The Morgan fingerprint density at radius 1 is 1.10 bits per heavy atom. The number of hydrogen-bond donors (Lipinski definition) is 3. The van der Waals surface area contributed by atoms with Gasteiger partial charge in [0.1, 0.15) is 24.0 Å². The third-order valence-electron chi connectivity index (χ3n) is 3.96. The number of carbonyl (C=O) groups is 3. The molecule has 0 aliphatic heterocycles. The first-order valence-corrected chi connectivity index (χ1v) is 9.66. The number of aryl methyl sites for hydroxylation is 2. The maximum absolute atomic E-state index is 12.6. The van der Waals surface area contributed by atoms with Crippen molar-refractivity contribution in [3.8, 4) is 5.75 Å². The molecule has 0 heterocycles. The Hall–Kier alpha value is -2.77. The number of carbonyl (C=O) groups excluding carboxylic acids is 3. The molecule has 0 fully saturated rings. The summed E-state index contributed by atoms with van der Waals surface area (Å²) in [7, 11) is 0. The summed E-state index contributed by atoms with van der Waals surface area (Å²) < 4.78 is 11.0. The van der Waals surface area contributed by atoms with Crippen molar-refractivity contribution in [2.45, 2.75) is 72.1 Å². The van der Waals surface area contributed by atoms with Gasteiger partial charge >= 0.3 is 6.09 Å². The molecule has 0 aromatic heterocycles. The van der Waals surface area contributed by atoms with Crippen molar-refractivity contribution in [2.75, 3.05) is 6.61 Å². The fraction of sp³-hybridized carbons (Fsp3) is 0.571. The monoisotopic (exact) mass is 407 g/mol. The molecule has 8 nitrogen and oxygen atoms in total. The summed E-state index contributed by atoms with van der Waals surface area (Å²) in [5.74, 6) is -0.208. The predicted octanol–water partition coefficient (Wildman–Crippen LogP) is 2.35. The molecule has 0 radical (unpaired) electrons. The fourth-order valence-electron chi connectivity index (χ4n) is 2.63. The molecule has 2 atom stereocenters. The van der Waals surface area contributed by atoms with Crippen molar-refractivity contribution in [1.82, 2.24) is 10.6 Å². The number of amides is 3. The fourth-order valence-corrected chi connectivity index (χ4v) is 2.63. The van der Waals surface area contributed by atoms with Crippen molar-refractivity contribution in [1.29, 1.82) is 0 Å². The molecule has 162 valence electrons. The van der Waals surface area contributed by atoms with Gasteiger partial charge in [-0.2, -0.15) is 0 Å². The Kier molecular flexibility index (Phi) is 8.94. The number of rotatable bonds is 9. The molecule has 1 aromatic rings. The van der Waals surface area contributed by atoms with Gasteiger partial charge in [0.2, 0.25) is 11.8 Å². The van der Waals surface area contributed by atoms with Crippen molar-refractivity contribution < 1.29 is 23.9 Å². The van der Waals surface area contributed by atoms with Crippen LogP contribution in [0.1, 0.15) is 51.7 Å². The second-order valence-corrected chi connectivity index (χ2v) is 8.15. The summed E-state index contributed by atoms with van der Waals surface area (Å²) in [5, 5.41) is 5.30. The molecule has 0 bridgehead atoms. The van der Waals surface area contributed by atoms with Crippen molar-refractivity contribution >= 4 is 17.9 Å². The zero-order valence-electron chi connectivity index (χ0n) is 18.1. The Morgan fingerprint density at radius 3 is 2.21 bits per heavy atom. The largest absolute Gasteiger partial charge is 0.491 e. The van der Waals surface area contributed by atoms with Crippen LogP contribution in [0.15, 0.2) is 18.2 Å². The number of hydrogen-bond acceptors (Lipinski definition) is 5. The first-order chi connectivity index (χ1) is 13.4. The van der Waals surface area contributed by atoms with E-state index in [0.29, 0.717) is 0 Å². The maximum atomic E-state index is 12.6. The van der Waals surface area contributed by atoms with Crippen LogP contribution < -0.4 is 21.1 Å². The Labute approximate surface area is 172 Å². The van der Waals surface area contributed by atoms with Gasteiger partial charge in [-0.1, -0.05) is 18.2 Å². The van der Waals surface area contributed by atoms with Crippen LogP contribution in [0.5, 0.6) is 5.75 Å². The summed E-state index contributed by atoms with van der Waals surface area (Å²) in [6.45, 7) is 11.1. The SMILES string of the molecule is Cc1cccc(C)c1OCC(C)NC(=O)C(CCC(N)=O)NC(=O)OC(C)(C)C. The number of ether oxygens (including phenoxy) is 2. The van der Waals surface area contributed by atoms with Crippen LogP contribution >= 0.6 is 0 Å². The lowest BCUT2D eigenvalue weighted by atomic mass is 10.1. The van der Waals surface area contributed by atoms with Crippen LogP contribution in [0.3, 0.4) is 0 Å². The molecule has 29 heavy (non-hydrogen) atoms. The zero-order chi connectivity index (χ0) is 22.2.